The van der Waals surface area contributed by atoms with Gasteiger partial charge in [-0.05, 0) is 12.7 Å². The third-order valence-electron chi connectivity index (χ3n) is 3.34. The smallest absolute Gasteiger partial charge is 0.350 e. The number of nitrogens with two attached hydrogens (primary N) is 1. The lowest BCUT2D eigenvalue weighted by atomic mass is 10.3. The molecule has 0 spiro atoms. The van der Waals surface area contributed by atoms with Gasteiger partial charge in [0.2, 0.25) is 0 Å². The number of carbonyl (C=O) groups excluding carboxylic acids is 1. The van der Waals surface area contributed by atoms with Crippen LogP contribution in [-0.4, -0.2) is 43.4 Å². The lowest BCUT2D eigenvalue weighted by Gasteiger charge is -2.33. The fourth-order valence-corrected chi connectivity index (χ4v) is 5.53. The van der Waals surface area contributed by atoms with Crippen LogP contribution in [-0.2, 0) is 4.74 Å². The number of thiophene rings is 1. The van der Waals surface area contributed by atoms with E-state index < -0.39 is 0 Å². The van der Waals surface area contributed by atoms with Gasteiger partial charge in [0.25, 0.3) is 0 Å². The van der Waals surface area contributed by atoms with Crippen molar-refractivity contribution in [2.45, 2.75) is 23.5 Å². The summed E-state index contributed by atoms with van der Waals surface area (Å²) in [5.41, 5.74) is 6.69. The van der Waals surface area contributed by atoms with Crippen molar-refractivity contribution in [1.29, 1.82) is 0 Å². The van der Waals surface area contributed by atoms with Gasteiger partial charge >= 0.3 is 5.97 Å². The SMILES string of the molecule is CCC1CN(c2sc(C(=O)OC)c(N)c2SC)CCS1. The maximum Gasteiger partial charge on any atom is 0.350 e. The van der Waals surface area contributed by atoms with E-state index in [4.69, 9.17) is 10.5 Å². The van der Waals surface area contributed by atoms with E-state index in [0.29, 0.717) is 15.8 Å². The molecule has 4 nitrogen and oxygen atoms in total. The molecule has 0 saturated carbocycles. The number of anilines is 2. The molecule has 1 atom stereocenters. The Bertz CT molecular complexity index is 490. The van der Waals surface area contributed by atoms with E-state index in [1.54, 1.807) is 11.8 Å². The van der Waals surface area contributed by atoms with Crippen molar-refractivity contribution in [2.75, 3.05) is 42.8 Å². The molecule has 20 heavy (non-hydrogen) atoms. The Morgan fingerprint density at radius 2 is 2.35 bits per heavy atom. The number of esters is 1. The lowest BCUT2D eigenvalue weighted by molar-refractivity contribution is 0.0607. The average Bonchev–Trinajstić information content (AvgIpc) is 2.83. The van der Waals surface area contributed by atoms with Gasteiger partial charge in [0, 0.05) is 24.1 Å². The molecular formula is C13H20N2O2S3. The fraction of sp³-hybridized carbons (Fsp3) is 0.615. The molecule has 0 aromatic carbocycles. The molecule has 2 rings (SSSR count). The highest BCUT2D eigenvalue weighted by molar-refractivity contribution is 8.00. The first-order valence-electron chi connectivity index (χ1n) is 6.53. The number of nitrogen functional groups attached to an aromatic ring is 1. The van der Waals surface area contributed by atoms with Crippen LogP contribution < -0.4 is 10.6 Å². The van der Waals surface area contributed by atoms with Crippen LogP contribution in [0.15, 0.2) is 4.90 Å². The number of carbonyl (C=O) groups is 1. The first-order chi connectivity index (χ1) is 9.62. The topological polar surface area (TPSA) is 55.6 Å². The number of hydrogen-bond donors (Lipinski definition) is 1. The van der Waals surface area contributed by atoms with Gasteiger partial charge in [0.05, 0.1) is 17.7 Å². The molecule has 1 aromatic heterocycles. The summed E-state index contributed by atoms with van der Waals surface area (Å²) in [5, 5.41) is 1.78. The summed E-state index contributed by atoms with van der Waals surface area (Å²) in [4.78, 5) is 15.7. The highest BCUT2D eigenvalue weighted by Gasteiger charge is 2.27. The zero-order valence-electron chi connectivity index (χ0n) is 12.0. The molecule has 1 saturated heterocycles. The molecule has 1 aliphatic rings. The summed E-state index contributed by atoms with van der Waals surface area (Å²) >= 11 is 5.09. The average molecular weight is 333 g/mol. The Morgan fingerprint density at radius 3 is 2.95 bits per heavy atom. The van der Waals surface area contributed by atoms with E-state index in [1.165, 1.54) is 24.9 Å². The summed E-state index contributed by atoms with van der Waals surface area (Å²) in [5.74, 6) is 0.782. The monoisotopic (exact) mass is 332 g/mol. The van der Waals surface area contributed by atoms with Crippen LogP contribution in [0.2, 0.25) is 0 Å². The van der Waals surface area contributed by atoms with Crippen molar-refractivity contribution in [3.05, 3.63) is 4.88 Å². The maximum atomic E-state index is 11.8. The standard InChI is InChI=1S/C13H20N2O2S3/c1-4-8-7-15(5-6-19-8)12-10(18-3)9(14)11(20-12)13(16)17-2/h8H,4-7,14H2,1-3H3. The van der Waals surface area contributed by atoms with Crippen LogP contribution in [0, 0.1) is 0 Å². The Labute approximate surface area is 132 Å². The Morgan fingerprint density at radius 1 is 1.60 bits per heavy atom. The van der Waals surface area contributed by atoms with Crippen LogP contribution in [0.5, 0.6) is 0 Å². The largest absolute Gasteiger partial charge is 0.465 e. The Kier molecular flexibility index (Phi) is 5.51. The van der Waals surface area contributed by atoms with Crippen LogP contribution >= 0.6 is 34.9 Å². The third-order valence-corrected chi connectivity index (χ3v) is 6.91. The van der Waals surface area contributed by atoms with Crippen molar-refractivity contribution >= 4 is 51.5 Å². The third kappa shape index (κ3) is 3.04. The second-order valence-corrected chi connectivity index (χ2v) is 7.75. The van der Waals surface area contributed by atoms with Crippen LogP contribution in [0.25, 0.3) is 0 Å². The number of ether oxygens (including phenoxy) is 1. The van der Waals surface area contributed by atoms with Gasteiger partial charge in [-0.1, -0.05) is 6.92 Å². The summed E-state index contributed by atoms with van der Waals surface area (Å²) in [6.07, 6.45) is 3.17. The minimum atomic E-state index is -0.340. The first kappa shape index (κ1) is 15.9. The van der Waals surface area contributed by atoms with E-state index in [2.05, 4.69) is 11.8 Å². The molecule has 2 N–H and O–H groups in total. The maximum absolute atomic E-state index is 11.8. The molecule has 0 amide bonds. The van der Waals surface area contributed by atoms with Crippen molar-refractivity contribution in [3.8, 4) is 0 Å². The van der Waals surface area contributed by atoms with Gasteiger partial charge in [-0.3, -0.25) is 0 Å². The number of rotatable bonds is 4. The van der Waals surface area contributed by atoms with Crippen molar-refractivity contribution in [3.63, 3.8) is 0 Å². The summed E-state index contributed by atoms with van der Waals surface area (Å²) < 4.78 is 4.82. The van der Waals surface area contributed by atoms with Crippen LogP contribution in [0.3, 0.4) is 0 Å². The highest BCUT2D eigenvalue weighted by Crippen LogP contribution is 2.45. The number of thioether (sulfide) groups is 2. The number of nitrogens with zero attached hydrogens (tertiary/aromatic N) is 1. The van der Waals surface area contributed by atoms with Crippen molar-refractivity contribution in [2.24, 2.45) is 0 Å². The van der Waals surface area contributed by atoms with Gasteiger partial charge in [0.1, 0.15) is 9.88 Å². The predicted molar refractivity (Wildman–Crippen MR) is 90.6 cm³/mol. The molecule has 2 heterocycles. The van der Waals surface area contributed by atoms with Gasteiger partial charge < -0.3 is 15.4 Å². The van der Waals surface area contributed by atoms with Crippen molar-refractivity contribution in [1.82, 2.24) is 0 Å². The molecule has 1 fully saturated rings. The summed E-state index contributed by atoms with van der Waals surface area (Å²) in [6, 6.07) is 0. The van der Waals surface area contributed by atoms with Gasteiger partial charge in [0.15, 0.2) is 0 Å². The molecule has 0 bridgehead atoms. The minimum Gasteiger partial charge on any atom is -0.465 e. The lowest BCUT2D eigenvalue weighted by Crippen LogP contribution is -2.37. The number of methoxy groups -OCH3 is 1. The Hall–Kier alpha value is -0.530. The van der Waals surface area contributed by atoms with Crippen LogP contribution in [0.1, 0.15) is 23.0 Å². The zero-order chi connectivity index (χ0) is 14.7. The molecule has 1 aliphatic heterocycles. The Balaban J connectivity index is 2.33. The predicted octanol–water partition coefficient (Wildman–Crippen LogP) is 3.17. The molecular weight excluding hydrogens is 312 g/mol. The molecule has 0 aliphatic carbocycles. The van der Waals surface area contributed by atoms with E-state index >= 15 is 0 Å². The van der Waals surface area contributed by atoms with Crippen molar-refractivity contribution < 1.29 is 9.53 Å². The normalized spacial score (nSPS) is 19.1. The quantitative estimate of drug-likeness (QED) is 0.675. The molecule has 7 heteroatoms. The van der Waals surface area contributed by atoms with Gasteiger partial charge in [-0.15, -0.1) is 23.1 Å². The second-order valence-electron chi connectivity index (χ2n) is 4.52. The molecule has 0 radical (unpaired) electrons. The fourth-order valence-electron chi connectivity index (χ4n) is 2.22. The van der Waals surface area contributed by atoms with E-state index in [1.807, 2.05) is 18.0 Å². The van der Waals surface area contributed by atoms with E-state index in [0.717, 1.165) is 28.7 Å². The number of hydrogen-bond acceptors (Lipinski definition) is 7. The second kappa shape index (κ2) is 6.95. The molecule has 1 aromatic rings. The van der Waals surface area contributed by atoms with Crippen LogP contribution in [0.4, 0.5) is 10.7 Å². The summed E-state index contributed by atoms with van der Waals surface area (Å²) in [6.45, 7) is 4.25. The first-order valence-corrected chi connectivity index (χ1v) is 9.62. The van der Waals surface area contributed by atoms with Gasteiger partial charge in [-0.25, -0.2) is 4.79 Å². The molecule has 112 valence electrons. The highest BCUT2D eigenvalue weighted by atomic mass is 32.2. The minimum absolute atomic E-state index is 0.340. The molecule has 1 unspecified atom stereocenters. The van der Waals surface area contributed by atoms with E-state index in [9.17, 15) is 4.79 Å². The van der Waals surface area contributed by atoms with E-state index in [-0.39, 0.29) is 5.97 Å². The zero-order valence-corrected chi connectivity index (χ0v) is 14.4. The van der Waals surface area contributed by atoms with Gasteiger partial charge in [-0.2, -0.15) is 11.8 Å². The summed E-state index contributed by atoms with van der Waals surface area (Å²) in [7, 11) is 1.39.